The number of benzene rings is 1. The average molecular weight is 283 g/mol. The molecule has 0 aliphatic heterocycles. The van der Waals surface area contributed by atoms with Gasteiger partial charge < -0.3 is 10.2 Å². The summed E-state index contributed by atoms with van der Waals surface area (Å²) in [4.78, 5) is 12.7. The van der Waals surface area contributed by atoms with E-state index in [1.807, 2.05) is 20.0 Å². The van der Waals surface area contributed by atoms with E-state index in [-0.39, 0.29) is 10.6 Å². The fraction of sp³-hybridized carbons (Fsp3) is 0.538. The van der Waals surface area contributed by atoms with Gasteiger partial charge in [0.15, 0.2) is 0 Å². The predicted octanol–water partition coefficient (Wildman–Crippen LogP) is 3.21. The van der Waals surface area contributed by atoms with Crippen LogP contribution in [0.2, 0.25) is 0 Å². The van der Waals surface area contributed by atoms with Crippen LogP contribution in [0, 0.1) is 10.1 Å². The smallest absolute Gasteiger partial charge is 0.273 e. The van der Waals surface area contributed by atoms with Crippen LogP contribution < -0.4 is 10.2 Å². The van der Waals surface area contributed by atoms with Gasteiger partial charge in [0.25, 0.3) is 5.69 Å². The largest absolute Gasteiger partial charge is 0.385 e. The topological polar surface area (TPSA) is 58.4 Å². The number of nitro benzene ring substituents is 1. The molecule has 1 atom stereocenters. The number of hydrogen-bond donors (Lipinski definition) is 1. The Morgan fingerprint density at radius 1 is 1.47 bits per heavy atom. The number of anilines is 2. The van der Waals surface area contributed by atoms with Crippen molar-refractivity contribution in [1.29, 1.82) is 0 Å². The lowest BCUT2D eigenvalue weighted by Crippen LogP contribution is -2.30. The van der Waals surface area contributed by atoms with Crippen molar-refractivity contribution in [3.05, 3.63) is 28.3 Å². The molecule has 0 aliphatic carbocycles. The SMILES string of the molecule is CCNc1cc(N(C)C(C)CSC)cc([N+](=O)[O-])c1. The summed E-state index contributed by atoms with van der Waals surface area (Å²) in [6.07, 6.45) is 2.06. The van der Waals surface area contributed by atoms with Gasteiger partial charge in [-0.25, -0.2) is 0 Å². The summed E-state index contributed by atoms with van der Waals surface area (Å²) >= 11 is 1.77. The Kier molecular flexibility index (Phi) is 5.95. The molecule has 0 spiro atoms. The molecule has 0 fully saturated rings. The molecule has 0 bridgehead atoms. The highest BCUT2D eigenvalue weighted by atomic mass is 32.2. The fourth-order valence-corrected chi connectivity index (χ4v) is 2.52. The minimum Gasteiger partial charge on any atom is -0.385 e. The highest BCUT2D eigenvalue weighted by Gasteiger charge is 2.15. The van der Waals surface area contributed by atoms with E-state index in [0.717, 1.165) is 23.7 Å². The minimum absolute atomic E-state index is 0.122. The van der Waals surface area contributed by atoms with Crippen LogP contribution in [0.1, 0.15) is 13.8 Å². The number of nitrogens with one attached hydrogen (secondary N) is 1. The Labute approximate surface area is 118 Å². The molecule has 0 amide bonds. The van der Waals surface area contributed by atoms with Gasteiger partial charge in [0.05, 0.1) is 4.92 Å². The van der Waals surface area contributed by atoms with Gasteiger partial charge in [-0.15, -0.1) is 0 Å². The molecular weight excluding hydrogens is 262 g/mol. The highest BCUT2D eigenvalue weighted by Crippen LogP contribution is 2.27. The van der Waals surface area contributed by atoms with Crippen molar-refractivity contribution in [3.63, 3.8) is 0 Å². The van der Waals surface area contributed by atoms with Gasteiger partial charge in [0.1, 0.15) is 0 Å². The first-order chi connectivity index (χ1) is 8.99. The van der Waals surface area contributed by atoms with Crippen LogP contribution in [0.4, 0.5) is 17.1 Å². The summed E-state index contributed by atoms with van der Waals surface area (Å²) < 4.78 is 0. The summed E-state index contributed by atoms with van der Waals surface area (Å²) in [7, 11) is 1.97. The second kappa shape index (κ2) is 7.23. The highest BCUT2D eigenvalue weighted by molar-refractivity contribution is 7.98. The van der Waals surface area contributed by atoms with Crippen molar-refractivity contribution in [3.8, 4) is 0 Å². The maximum atomic E-state index is 11.0. The standard InChI is InChI=1S/C13H21N3O2S/c1-5-14-11-6-12(8-13(7-11)16(17)18)15(3)10(2)9-19-4/h6-8,10,14H,5,9H2,1-4H3. The van der Waals surface area contributed by atoms with Crippen molar-refractivity contribution in [2.24, 2.45) is 0 Å². The lowest BCUT2D eigenvalue weighted by atomic mass is 10.2. The zero-order valence-corrected chi connectivity index (χ0v) is 12.7. The number of nitro groups is 1. The van der Waals surface area contributed by atoms with Gasteiger partial charge in [-0.3, -0.25) is 10.1 Å². The van der Waals surface area contributed by atoms with E-state index in [0.29, 0.717) is 6.04 Å². The van der Waals surface area contributed by atoms with E-state index in [2.05, 4.69) is 23.4 Å². The van der Waals surface area contributed by atoms with Crippen molar-refractivity contribution in [1.82, 2.24) is 0 Å². The van der Waals surface area contributed by atoms with Crippen molar-refractivity contribution >= 4 is 28.8 Å². The van der Waals surface area contributed by atoms with Crippen molar-refractivity contribution in [2.45, 2.75) is 19.9 Å². The van der Waals surface area contributed by atoms with Crippen molar-refractivity contribution in [2.75, 3.05) is 35.8 Å². The lowest BCUT2D eigenvalue weighted by molar-refractivity contribution is -0.384. The van der Waals surface area contributed by atoms with Crippen LogP contribution in [0.3, 0.4) is 0 Å². The number of non-ortho nitro benzene ring substituents is 1. The van der Waals surface area contributed by atoms with E-state index in [1.165, 1.54) is 0 Å². The second-order valence-electron chi connectivity index (χ2n) is 4.44. The molecule has 6 heteroatoms. The normalized spacial score (nSPS) is 12.0. The molecule has 0 saturated heterocycles. The van der Waals surface area contributed by atoms with Crippen LogP contribution in [-0.4, -0.2) is 36.6 Å². The summed E-state index contributed by atoms with van der Waals surface area (Å²) in [5.41, 5.74) is 1.78. The third-order valence-electron chi connectivity index (χ3n) is 2.97. The Hall–Kier alpha value is -1.43. The van der Waals surface area contributed by atoms with Crippen LogP contribution in [0.15, 0.2) is 18.2 Å². The first-order valence-corrected chi connectivity index (χ1v) is 7.64. The summed E-state index contributed by atoms with van der Waals surface area (Å²) in [5.74, 6) is 0.982. The molecule has 1 unspecified atom stereocenters. The van der Waals surface area contributed by atoms with Crippen molar-refractivity contribution < 1.29 is 4.92 Å². The zero-order chi connectivity index (χ0) is 14.4. The molecule has 19 heavy (non-hydrogen) atoms. The number of rotatable bonds is 7. The summed E-state index contributed by atoms with van der Waals surface area (Å²) in [5, 5.41) is 14.1. The molecule has 106 valence electrons. The number of thioether (sulfide) groups is 1. The summed E-state index contributed by atoms with van der Waals surface area (Å²) in [6, 6.07) is 5.47. The third-order valence-corrected chi connectivity index (χ3v) is 3.79. The van der Waals surface area contributed by atoms with Crippen LogP contribution in [0.5, 0.6) is 0 Å². The summed E-state index contributed by atoms with van der Waals surface area (Å²) in [6.45, 7) is 4.82. The van der Waals surface area contributed by atoms with Gasteiger partial charge in [0, 0.05) is 48.9 Å². The Bertz CT molecular complexity index is 440. The molecule has 0 heterocycles. The van der Waals surface area contributed by atoms with E-state index in [1.54, 1.807) is 23.9 Å². The van der Waals surface area contributed by atoms with Crippen LogP contribution >= 0.6 is 11.8 Å². The van der Waals surface area contributed by atoms with Gasteiger partial charge >= 0.3 is 0 Å². The molecule has 1 aromatic carbocycles. The molecule has 1 N–H and O–H groups in total. The monoisotopic (exact) mass is 283 g/mol. The second-order valence-corrected chi connectivity index (χ2v) is 5.35. The molecule has 0 saturated carbocycles. The average Bonchev–Trinajstić information content (AvgIpc) is 2.38. The maximum absolute atomic E-state index is 11.0. The Balaban J connectivity index is 3.07. The molecule has 1 rings (SSSR count). The van der Waals surface area contributed by atoms with E-state index in [9.17, 15) is 10.1 Å². The van der Waals surface area contributed by atoms with Crippen LogP contribution in [-0.2, 0) is 0 Å². The quantitative estimate of drug-likeness (QED) is 0.615. The molecule has 0 radical (unpaired) electrons. The number of nitrogens with zero attached hydrogens (tertiary/aromatic N) is 2. The maximum Gasteiger partial charge on any atom is 0.273 e. The van der Waals surface area contributed by atoms with E-state index < -0.39 is 0 Å². The molecular formula is C13H21N3O2S. The predicted molar refractivity (Wildman–Crippen MR) is 83.5 cm³/mol. The Morgan fingerprint density at radius 2 is 2.16 bits per heavy atom. The van der Waals surface area contributed by atoms with E-state index in [4.69, 9.17) is 0 Å². The van der Waals surface area contributed by atoms with Gasteiger partial charge in [-0.2, -0.15) is 11.8 Å². The van der Waals surface area contributed by atoms with Gasteiger partial charge in [-0.1, -0.05) is 0 Å². The molecule has 0 aromatic heterocycles. The third kappa shape index (κ3) is 4.31. The zero-order valence-electron chi connectivity index (χ0n) is 11.8. The van der Waals surface area contributed by atoms with Gasteiger partial charge in [0.2, 0.25) is 0 Å². The fourth-order valence-electron chi connectivity index (χ4n) is 1.82. The van der Waals surface area contributed by atoms with Crippen LogP contribution in [0.25, 0.3) is 0 Å². The Morgan fingerprint density at radius 3 is 2.68 bits per heavy atom. The lowest BCUT2D eigenvalue weighted by Gasteiger charge is -2.26. The minimum atomic E-state index is -0.350. The number of hydrogen-bond acceptors (Lipinski definition) is 5. The molecule has 5 nitrogen and oxygen atoms in total. The van der Waals surface area contributed by atoms with Gasteiger partial charge in [-0.05, 0) is 26.2 Å². The first kappa shape index (κ1) is 15.6. The first-order valence-electron chi connectivity index (χ1n) is 6.24. The molecule has 1 aromatic rings. The van der Waals surface area contributed by atoms with E-state index >= 15 is 0 Å². The molecule has 0 aliphatic rings.